The van der Waals surface area contributed by atoms with E-state index in [-0.39, 0.29) is 16.5 Å². The van der Waals surface area contributed by atoms with E-state index in [2.05, 4.69) is 14.9 Å². The van der Waals surface area contributed by atoms with Gasteiger partial charge in [0.2, 0.25) is 5.16 Å². The highest BCUT2D eigenvalue weighted by Crippen LogP contribution is 2.26. The predicted molar refractivity (Wildman–Crippen MR) is 81.4 cm³/mol. The molecule has 10 heteroatoms. The summed E-state index contributed by atoms with van der Waals surface area (Å²) in [5.74, 6) is -0.570. The normalized spacial score (nSPS) is 12.3. The Morgan fingerprint density at radius 1 is 1.48 bits per heavy atom. The van der Waals surface area contributed by atoms with Gasteiger partial charge in [0, 0.05) is 18.4 Å². The lowest BCUT2D eigenvalue weighted by molar-refractivity contribution is -0.384. The maximum Gasteiger partial charge on any atom is 0.330 e. The summed E-state index contributed by atoms with van der Waals surface area (Å²) in [7, 11) is -0.223. The quantitative estimate of drug-likeness (QED) is 0.347. The Morgan fingerprint density at radius 3 is 2.83 bits per heavy atom. The van der Waals surface area contributed by atoms with Crippen molar-refractivity contribution in [3.63, 3.8) is 0 Å². The van der Waals surface area contributed by atoms with Crippen LogP contribution in [0.2, 0.25) is 0 Å². The van der Waals surface area contributed by atoms with Crippen LogP contribution in [0.25, 0.3) is 11.8 Å². The van der Waals surface area contributed by atoms with Crippen LogP contribution in [-0.2, 0) is 20.3 Å². The Bertz CT molecular complexity index is 814. The molecule has 23 heavy (non-hydrogen) atoms. The van der Waals surface area contributed by atoms with Crippen molar-refractivity contribution in [2.24, 2.45) is 0 Å². The Kier molecular flexibility index (Phi) is 4.96. The van der Waals surface area contributed by atoms with Gasteiger partial charge in [0.15, 0.2) is 0 Å². The van der Waals surface area contributed by atoms with Crippen LogP contribution in [0, 0.1) is 10.1 Å². The van der Waals surface area contributed by atoms with Crippen molar-refractivity contribution >= 4 is 28.5 Å². The van der Waals surface area contributed by atoms with E-state index in [0.717, 1.165) is 6.08 Å². The molecule has 2 aromatic rings. The molecule has 0 aliphatic rings. The molecule has 0 aliphatic carbocycles. The SMILES string of the molecule is COC(=O)/C=C/c1ccc(-n2cnnc2S(C)=O)c([N+](=O)[O-])c1. The number of methoxy groups -OCH3 is 1. The van der Waals surface area contributed by atoms with E-state index in [0.29, 0.717) is 5.56 Å². The number of benzene rings is 1. The van der Waals surface area contributed by atoms with Crippen LogP contribution in [0.5, 0.6) is 0 Å². The standard InChI is InChI=1S/C13H12N4O5S/c1-22-12(18)6-4-9-3-5-10(11(7-9)17(19)20)16-8-14-15-13(16)23(2)21/h3-8H,1-2H3/b6-4+. The van der Waals surface area contributed by atoms with E-state index in [1.165, 1.54) is 42.5 Å². The third kappa shape index (κ3) is 3.66. The lowest BCUT2D eigenvalue weighted by atomic mass is 10.1. The number of hydrogen-bond acceptors (Lipinski definition) is 7. The molecule has 1 unspecified atom stereocenters. The Labute approximate surface area is 133 Å². The number of esters is 1. The van der Waals surface area contributed by atoms with Crippen molar-refractivity contribution in [1.29, 1.82) is 0 Å². The summed E-state index contributed by atoms with van der Waals surface area (Å²) in [5.41, 5.74) is 0.391. The van der Waals surface area contributed by atoms with Crippen LogP contribution < -0.4 is 0 Å². The highest BCUT2D eigenvalue weighted by molar-refractivity contribution is 7.84. The third-order valence-corrected chi connectivity index (χ3v) is 3.63. The topological polar surface area (TPSA) is 117 Å². The van der Waals surface area contributed by atoms with Gasteiger partial charge >= 0.3 is 5.97 Å². The number of rotatable bonds is 5. The van der Waals surface area contributed by atoms with Crippen LogP contribution >= 0.6 is 0 Å². The fourth-order valence-electron chi connectivity index (χ4n) is 1.81. The number of nitrogens with zero attached hydrogens (tertiary/aromatic N) is 4. The van der Waals surface area contributed by atoms with Crippen molar-refractivity contribution in [3.8, 4) is 5.69 Å². The van der Waals surface area contributed by atoms with Crippen LogP contribution in [-0.4, -0.2) is 43.2 Å². The Morgan fingerprint density at radius 2 is 2.22 bits per heavy atom. The van der Waals surface area contributed by atoms with E-state index >= 15 is 0 Å². The molecule has 1 aromatic carbocycles. The fourth-order valence-corrected chi connectivity index (χ4v) is 2.40. The minimum absolute atomic E-state index is 0.103. The molecule has 0 aliphatic heterocycles. The van der Waals surface area contributed by atoms with Gasteiger partial charge in [-0.15, -0.1) is 10.2 Å². The van der Waals surface area contributed by atoms with Crippen LogP contribution in [0.3, 0.4) is 0 Å². The van der Waals surface area contributed by atoms with Gasteiger partial charge in [-0.2, -0.15) is 0 Å². The first-order chi connectivity index (χ1) is 10.9. The summed E-state index contributed by atoms with van der Waals surface area (Å²) < 4.78 is 17.4. The van der Waals surface area contributed by atoms with E-state index < -0.39 is 21.7 Å². The van der Waals surface area contributed by atoms with E-state index in [9.17, 15) is 19.1 Å². The smallest absolute Gasteiger partial charge is 0.330 e. The number of carbonyl (C=O) groups is 1. The maximum atomic E-state index is 11.6. The van der Waals surface area contributed by atoms with Gasteiger partial charge in [-0.25, -0.2) is 4.79 Å². The lowest BCUT2D eigenvalue weighted by Gasteiger charge is -2.06. The first-order valence-electron chi connectivity index (χ1n) is 6.22. The first kappa shape index (κ1) is 16.5. The van der Waals surface area contributed by atoms with Crippen LogP contribution in [0.4, 0.5) is 5.69 Å². The average molecular weight is 336 g/mol. The molecule has 9 nitrogen and oxygen atoms in total. The molecule has 0 N–H and O–H groups in total. The summed E-state index contributed by atoms with van der Waals surface area (Å²) >= 11 is 0. The molecule has 0 saturated carbocycles. The second-order valence-corrected chi connectivity index (χ2v) is 5.57. The van der Waals surface area contributed by atoms with Gasteiger partial charge < -0.3 is 4.74 Å². The Hall–Kier alpha value is -2.88. The summed E-state index contributed by atoms with van der Waals surface area (Å²) in [6.07, 6.45) is 5.21. The van der Waals surface area contributed by atoms with Crippen molar-refractivity contribution in [3.05, 3.63) is 46.3 Å². The molecule has 1 atom stereocenters. The largest absolute Gasteiger partial charge is 0.466 e. The first-order valence-corrected chi connectivity index (χ1v) is 7.78. The number of hydrogen-bond donors (Lipinski definition) is 0. The van der Waals surface area contributed by atoms with Gasteiger partial charge in [0.25, 0.3) is 5.69 Å². The number of carbonyl (C=O) groups excluding carboxylic acids is 1. The molecule has 1 heterocycles. The highest BCUT2D eigenvalue weighted by Gasteiger charge is 2.20. The Balaban J connectivity index is 2.51. The zero-order chi connectivity index (χ0) is 17.0. The highest BCUT2D eigenvalue weighted by atomic mass is 32.2. The minimum Gasteiger partial charge on any atom is -0.466 e. The molecule has 0 fully saturated rings. The van der Waals surface area contributed by atoms with Gasteiger partial charge in [-0.1, -0.05) is 6.07 Å². The van der Waals surface area contributed by atoms with Gasteiger partial charge in [-0.05, 0) is 17.7 Å². The molecule has 0 spiro atoms. The number of aromatic nitrogens is 3. The molecule has 0 amide bonds. The number of ether oxygens (including phenoxy) is 1. The molecule has 0 radical (unpaired) electrons. The molecule has 0 bridgehead atoms. The molecule has 120 valence electrons. The van der Waals surface area contributed by atoms with E-state index in [1.807, 2.05) is 0 Å². The predicted octanol–water partition coefficient (Wildman–Crippen LogP) is 1.10. The average Bonchev–Trinajstić information content (AvgIpc) is 3.01. The maximum absolute atomic E-state index is 11.6. The molecule has 0 saturated heterocycles. The minimum atomic E-state index is -1.46. The zero-order valence-electron chi connectivity index (χ0n) is 12.2. The van der Waals surface area contributed by atoms with Crippen LogP contribution in [0.1, 0.15) is 5.56 Å². The summed E-state index contributed by atoms with van der Waals surface area (Å²) in [6.45, 7) is 0. The summed E-state index contributed by atoms with van der Waals surface area (Å²) in [6, 6.07) is 4.33. The monoisotopic (exact) mass is 336 g/mol. The summed E-state index contributed by atoms with van der Waals surface area (Å²) in [4.78, 5) is 21.8. The van der Waals surface area contributed by atoms with Gasteiger partial charge in [0.05, 0.1) is 22.8 Å². The van der Waals surface area contributed by atoms with Crippen molar-refractivity contribution in [2.45, 2.75) is 5.16 Å². The van der Waals surface area contributed by atoms with Crippen molar-refractivity contribution < 1.29 is 18.7 Å². The third-order valence-electron chi connectivity index (χ3n) is 2.84. The van der Waals surface area contributed by atoms with Crippen LogP contribution in [0.15, 0.2) is 35.8 Å². The van der Waals surface area contributed by atoms with Crippen molar-refractivity contribution in [1.82, 2.24) is 14.8 Å². The fraction of sp³-hybridized carbons (Fsp3) is 0.154. The lowest BCUT2D eigenvalue weighted by Crippen LogP contribution is -2.05. The molecular weight excluding hydrogens is 324 g/mol. The number of nitro benzene ring substituents is 1. The second kappa shape index (κ2) is 6.92. The molecule has 2 rings (SSSR count). The van der Waals surface area contributed by atoms with Gasteiger partial charge in [0.1, 0.15) is 12.0 Å². The molecular formula is C13H12N4O5S. The molecule has 1 aromatic heterocycles. The number of nitro groups is 1. The zero-order valence-corrected chi connectivity index (χ0v) is 13.0. The van der Waals surface area contributed by atoms with E-state index in [4.69, 9.17) is 0 Å². The van der Waals surface area contributed by atoms with E-state index in [1.54, 1.807) is 6.07 Å². The van der Waals surface area contributed by atoms with Crippen molar-refractivity contribution in [2.75, 3.05) is 13.4 Å². The van der Waals surface area contributed by atoms with Gasteiger partial charge in [-0.3, -0.25) is 18.9 Å². The second-order valence-electron chi connectivity index (χ2n) is 4.30. The summed E-state index contributed by atoms with van der Waals surface area (Å²) in [5, 5.41) is 18.7.